The fourth-order valence-corrected chi connectivity index (χ4v) is 2.64. The molecule has 2 aromatic heterocycles. The van der Waals surface area contributed by atoms with Crippen molar-refractivity contribution in [2.24, 2.45) is 7.05 Å². The van der Waals surface area contributed by atoms with Crippen LogP contribution >= 0.6 is 11.3 Å². The second-order valence-electron chi connectivity index (χ2n) is 4.42. The van der Waals surface area contributed by atoms with E-state index < -0.39 is 11.2 Å². The molecule has 0 saturated carbocycles. The number of hydrogen-bond donors (Lipinski definition) is 1. The molecular formula is C12H15F3N4S. The minimum Gasteiger partial charge on any atom is -0.340 e. The van der Waals surface area contributed by atoms with Gasteiger partial charge in [-0.15, -0.1) is 11.3 Å². The Morgan fingerprint density at radius 3 is 2.65 bits per heavy atom. The first-order valence-electron chi connectivity index (χ1n) is 6.16. The largest absolute Gasteiger partial charge is 0.443 e. The summed E-state index contributed by atoms with van der Waals surface area (Å²) in [5.74, 6) is 0. The van der Waals surface area contributed by atoms with Gasteiger partial charge < -0.3 is 9.88 Å². The van der Waals surface area contributed by atoms with Crippen molar-refractivity contribution in [2.45, 2.75) is 25.6 Å². The second kappa shape index (κ2) is 5.92. The van der Waals surface area contributed by atoms with Crippen molar-refractivity contribution in [1.82, 2.24) is 19.9 Å². The van der Waals surface area contributed by atoms with Crippen molar-refractivity contribution < 1.29 is 13.2 Å². The van der Waals surface area contributed by atoms with Crippen LogP contribution in [0.25, 0.3) is 0 Å². The number of thiazole rings is 1. The van der Waals surface area contributed by atoms with Gasteiger partial charge in [0.2, 0.25) is 0 Å². The summed E-state index contributed by atoms with van der Waals surface area (Å²) in [5, 5.41) is 2.38. The van der Waals surface area contributed by atoms with Crippen LogP contribution < -0.4 is 5.32 Å². The maximum absolute atomic E-state index is 12.6. The molecule has 0 aromatic carbocycles. The summed E-state index contributed by atoms with van der Waals surface area (Å²) < 4.78 is 39.7. The van der Waals surface area contributed by atoms with Crippen molar-refractivity contribution >= 4 is 11.3 Å². The molecule has 1 unspecified atom stereocenters. The molecule has 0 aliphatic heterocycles. The molecule has 0 aliphatic carbocycles. The van der Waals surface area contributed by atoms with Crippen molar-refractivity contribution in [2.75, 3.05) is 6.54 Å². The van der Waals surface area contributed by atoms with E-state index in [9.17, 15) is 13.2 Å². The Morgan fingerprint density at radius 1 is 1.40 bits per heavy atom. The lowest BCUT2D eigenvalue weighted by Gasteiger charge is -2.14. The van der Waals surface area contributed by atoms with Crippen molar-refractivity contribution in [3.05, 3.63) is 34.3 Å². The monoisotopic (exact) mass is 304 g/mol. The zero-order valence-electron chi connectivity index (χ0n) is 11.1. The van der Waals surface area contributed by atoms with E-state index in [1.807, 2.05) is 14.0 Å². The van der Waals surface area contributed by atoms with Gasteiger partial charge in [-0.1, -0.05) is 6.92 Å². The predicted molar refractivity (Wildman–Crippen MR) is 70.5 cm³/mol. The van der Waals surface area contributed by atoms with Crippen molar-refractivity contribution in [1.29, 1.82) is 0 Å². The molecule has 2 rings (SSSR count). The normalized spacial score (nSPS) is 13.7. The molecule has 0 saturated heterocycles. The molecule has 0 fully saturated rings. The molecule has 0 bridgehead atoms. The molecule has 20 heavy (non-hydrogen) atoms. The fraction of sp³-hybridized carbons (Fsp3) is 0.500. The van der Waals surface area contributed by atoms with Crippen LogP contribution in [0.2, 0.25) is 0 Å². The maximum Gasteiger partial charge on any atom is 0.443 e. The van der Waals surface area contributed by atoms with E-state index in [0.29, 0.717) is 28.5 Å². The van der Waals surface area contributed by atoms with Gasteiger partial charge in [0.25, 0.3) is 0 Å². The average molecular weight is 304 g/mol. The first-order chi connectivity index (χ1) is 9.41. The first kappa shape index (κ1) is 15.0. The Bertz CT molecular complexity index is 561. The molecule has 1 atom stereocenters. The van der Waals surface area contributed by atoms with Gasteiger partial charge in [0.05, 0.1) is 18.1 Å². The molecule has 0 radical (unpaired) electrons. The summed E-state index contributed by atoms with van der Waals surface area (Å²) in [6.45, 7) is 2.69. The standard InChI is InChI=1S/C12H15F3N4S/c1-3-4-16-10(8-6-19(2)7-18-8)9-5-17-11(20-9)12(13,14)15/h5-7,10,16H,3-4H2,1-2H3. The van der Waals surface area contributed by atoms with E-state index in [2.05, 4.69) is 15.3 Å². The van der Waals surface area contributed by atoms with Crippen LogP contribution in [0, 0.1) is 0 Å². The van der Waals surface area contributed by atoms with Crippen molar-refractivity contribution in [3.8, 4) is 0 Å². The topological polar surface area (TPSA) is 42.7 Å². The Labute approximate surface area is 118 Å². The van der Waals surface area contributed by atoms with Crippen LogP contribution in [0.4, 0.5) is 13.2 Å². The number of imidazole rings is 1. The summed E-state index contributed by atoms with van der Waals surface area (Å²) in [6, 6.07) is -0.357. The van der Waals surface area contributed by atoms with Gasteiger partial charge in [-0.2, -0.15) is 13.2 Å². The number of alkyl halides is 3. The third kappa shape index (κ3) is 3.37. The quantitative estimate of drug-likeness (QED) is 0.923. The molecule has 0 amide bonds. The Balaban J connectivity index is 2.29. The summed E-state index contributed by atoms with van der Waals surface area (Å²) in [7, 11) is 1.82. The summed E-state index contributed by atoms with van der Waals surface area (Å²) in [4.78, 5) is 8.20. The van der Waals surface area contributed by atoms with E-state index in [1.54, 1.807) is 17.1 Å². The lowest BCUT2D eigenvalue weighted by Crippen LogP contribution is -2.22. The number of halogens is 3. The molecular weight excluding hydrogens is 289 g/mol. The SMILES string of the molecule is CCCNC(c1cn(C)cn1)c1cnc(C(F)(F)F)s1. The van der Waals surface area contributed by atoms with Gasteiger partial charge >= 0.3 is 6.18 Å². The van der Waals surface area contributed by atoms with Gasteiger partial charge in [-0.3, -0.25) is 0 Å². The molecule has 110 valence electrons. The predicted octanol–water partition coefficient (Wildman–Crippen LogP) is 2.98. The number of aryl methyl sites for hydroxylation is 1. The highest BCUT2D eigenvalue weighted by Gasteiger charge is 2.35. The number of nitrogens with one attached hydrogen (secondary N) is 1. The van der Waals surface area contributed by atoms with Crippen LogP contribution in [-0.2, 0) is 13.2 Å². The molecule has 8 heteroatoms. The first-order valence-corrected chi connectivity index (χ1v) is 6.97. The highest BCUT2D eigenvalue weighted by molar-refractivity contribution is 7.11. The van der Waals surface area contributed by atoms with Gasteiger partial charge in [-0.05, 0) is 13.0 Å². The smallest absolute Gasteiger partial charge is 0.340 e. The summed E-state index contributed by atoms with van der Waals surface area (Å²) in [5.41, 5.74) is 0.693. The molecule has 0 spiro atoms. The van der Waals surface area contributed by atoms with Crippen LogP contribution in [0.5, 0.6) is 0 Å². The van der Waals surface area contributed by atoms with Gasteiger partial charge in [0, 0.05) is 24.3 Å². The minimum atomic E-state index is -4.40. The Morgan fingerprint density at radius 2 is 2.15 bits per heavy atom. The number of nitrogens with zero attached hydrogens (tertiary/aromatic N) is 3. The van der Waals surface area contributed by atoms with E-state index in [0.717, 1.165) is 6.42 Å². The highest BCUT2D eigenvalue weighted by atomic mass is 32.1. The lowest BCUT2D eigenvalue weighted by molar-refractivity contribution is -0.137. The van der Waals surface area contributed by atoms with Gasteiger partial charge in [0.15, 0.2) is 5.01 Å². The lowest BCUT2D eigenvalue weighted by atomic mass is 10.2. The third-order valence-electron chi connectivity index (χ3n) is 2.67. The van der Waals surface area contributed by atoms with Gasteiger partial charge in [-0.25, -0.2) is 9.97 Å². The summed E-state index contributed by atoms with van der Waals surface area (Å²) in [6.07, 6.45) is 1.17. The molecule has 2 heterocycles. The molecule has 1 N–H and O–H groups in total. The van der Waals surface area contributed by atoms with Gasteiger partial charge in [0.1, 0.15) is 0 Å². The molecule has 0 aliphatic rings. The van der Waals surface area contributed by atoms with Crippen molar-refractivity contribution in [3.63, 3.8) is 0 Å². The zero-order valence-corrected chi connectivity index (χ0v) is 11.9. The number of aromatic nitrogens is 3. The minimum absolute atomic E-state index is 0.357. The van der Waals surface area contributed by atoms with Crippen LogP contribution in [0.15, 0.2) is 18.7 Å². The van der Waals surface area contributed by atoms with Crippen LogP contribution in [-0.4, -0.2) is 21.1 Å². The van der Waals surface area contributed by atoms with Crippen LogP contribution in [0.3, 0.4) is 0 Å². The Kier molecular flexibility index (Phi) is 4.44. The second-order valence-corrected chi connectivity index (χ2v) is 5.48. The van der Waals surface area contributed by atoms with E-state index in [-0.39, 0.29) is 6.04 Å². The number of rotatable bonds is 5. The fourth-order valence-electron chi connectivity index (χ4n) is 1.77. The molecule has 4 nitrogen and oxygen atoms in total. The van der Waals surface area contributed by atoms with E-state index >= 15 is 0 Å². The third-order valence-corrected chi connectivity index (χ3v) is 3.78. The van der Waals surface area contributed by atoms with E-state index in [4.69, 9.17) is 0 Å². The van der Waals surface area contributed by atoms with E-state index in [1.165, 1.54) is 6.20 Å². The average Bonchev–Trinajstić information content (AvgIpc) is 2.99. The summed E-state index contributed by atoms with van der Waals surface area (Å²) >= 11 is 0.655. The number of hydrogen-bond acceptors (Lipinski definition) is 4. The zero-order chi connectivity index (χ0) is 14.8. The molecule has 2 aromatic rings. The highest BCUT2D eigenvalue weighted by Crippen LogP contribution is 2.35. The Hall–Kier alpha value is -1.41. The van der Waals surface area contributed by atoms with Crippen LogP contribution in [0.1, 0.15) is 35.0 Å². The maximum atomic E-state index is 12.6.